The van der Waals surface area contributed by atoms with Crippen LogP contribution in [0.25, 0.3) is 0 Å². The molecule has 0 aromatic carbocycles. The fourth-order valence-corrected chi connectivity index (χ4v) is 5.71. The van der Waals surface area contributed by atoms with Gasteiger partial charge in [-0.3, -0.25) is 9.59 Å². The van der Waals surface area contributed by atoms with Crippen molar-refractivity contribution in [3.05, 3.63) is 36.5 Å². The van der Waals surface area contributed by atoms with Crippen molar-refractivity contribution in [3.8, 4) is 0 Å². The average Bonchev–Trinajstić information content (AvgIpc) is 3.81. The molecule has 1 aliphatic rings. The topological polar surface area (TPSA) is 85.4 Å². The van der Waals surface area contributed by atoms with Gasteiger partial charge in [-0.1, -0.05) is 147 Å². The molecule has 0 aromatic rings. The van der Waals surface area contributed by atoms with Gasteiger partial charge in [0.2, 0.25) is 0 Å². The molecule has 0 saturated carbocycles. The van der Waals surface area contributed by atoms with E-state index in [1.54, 1.807) is 0 Å². The first-order valence-corrected chi connectivity index (χ1v) is 19.5. The van der Waals surface area contributed by atoms with Gasteiger partial charge in [0.1, 0.15) is 6.61 Å². The van der Waals surface area contributed by atoms with Crippen LogP contribution >= 0.6 is 0 Å². The van der Waals surface area contributed by atoms with Gasteiger partial charge in [-0.05, 0) is 57.3 Å². The number of aliphatic hydroxyl groups is 1. The lowest BCUT2D eigenvalue weighted by Gasteiger charge is -2.15. The molecule has 0 aromatic heterocycles. The van der Waals surface area contributed by atoms with Crippen LogP contribution < -0.4 is 0 Å². The maximum absolute atomic E-state index is 12.2. The number of unbranched alkanes of at least 4 members (excludes halogenated alkanes) is 14. The molecular weight excluding hydrogens is 588 g/mol. The number of allylic oxidation sites excluding steroid dienone is 5. The summed E-state index contributed by atoms with van der Waals surface area (Å²) in [7, 11) is 0. The van der Waals surface area contributed by atoms with Gasteiger partial charge < -0.3 is 19.3 Å². The summed E-state index contributed by atoms with van der Waals surface area (Å²) in [4.78, 5) is 24.3. The number of carbonyl (C=O) groups is 2. The van der Waals surface area contributed by atoms with Crippen molar-refractivity contribution < 1.29 is 28.9 Å². The second-order valence-electron chi connectivity index (χ2n) is 13.9. The van der Waals surface area contributed by atoms with Gasteiger partial charge >= 0.3 is 11.9 Å². The Morgan fingerprint density at radius 2 is 1.26 bits per heavy atom. The molecule has 1 N–H and O–H groups in total. The molecule has 47 heavy (non-hydrogen) atoms. The van der Waals surface area contributed by atoms with Crippen LogP contribution in [-0.2, 0) is 23.8 Å². The fourth-order valence-electron chi connectivity index (χ4n) is 5.71. The summed E-state index contributed by atoms with van der Waals surface area (Å²) in [6, 6.07) is 0. The molecule has 1 saturated heterocycles. The van der Waals surface area contributed by atoms with Gasteiger partial charge in [-0.25, -0.2) is 0 Å². The van der Waals surface area contributed by atoms with E-state index >= 15 is 0 Å². The second kappa shape index (κ2) is 31.4. The van der Waals surface area contributed by atoms with Crippen LogP contribution in [0.15, 0.2) is 36.5 Å². The first-order valence-electron chi connectivity index (χ1n) is 19.5. The van der Waals surface area contributed by atoms with Crippen LogP contribution in [0.1, 0.15) is 175 Å². The summed E-state index contributed by atoms with van der Waals surface area (Å²) in [5.41, 5.74) is 0. The van der Waals surface area contributed by atoms with E-state index in [0.717, 1.165) is 50.9 Å². The van der Waals surface area contributed by atoms with Gasteiger partial charge in [0, 0.05) is 12.8 Å². The largest absolute Gasteiger partial charge is 0.462 e. The molecule has 0 amide bonds. The van der Waals surface area contributed by atoms with E-state index in [2.05, 4.69) is 57.2 Å². The summed E-state index contributed by atoms with van der Waals surface area (Å²) >= 11 is 0. The van der Waals surface area contributed by atoms with Crippen molar-refractivity contribution in [2.24, 2.45) is 5.92 Å². The van der Waals surface area contributed by atoms with Gasteiger partial charge in [-0.2, -0.15) is 0 Å². The Morgan fingerprint density at radius 3 is 1.87 bits per heavy atom. The molecule has 1 fully saturated rings. The van der Waals surface area contributed by atoms with E-state index in [4.69, 9.17) is 14.2 Å². The Hall–Kier alpha value is -1.92. The highest BCUT2D eigenvalue weighted by Gasteiger charge is 2.36. The van der Waals surface area contributed by atoms with E-state index in [-0.39, 0.29) is 37.4 Å². The molecule has 1 rings (SSSR count). The number of ether oxygens (including phenoxy) is 3. The highest BCUT2D eigenvalue weighted by Crippen LogP contribution is 2.30. The zero-order valence-electron chi connectivity index (χ0n) is 30.6. The Labute approximate surface area is 289 Å². The molecular formula is C41H72O6. The molecule has 3 atom stereocenters. The third kappa shape index (κ3) is 28.8. The number of epoxide rings is 1. The highest BCUT2D eigenvalue weighted by atomic mass is 16.6. The molecule has 1 heterocycles. The molecule has 2 unspecified atom stereocenters. The standard InChI is InChI=1S/C41H72O6/c1-4-5-6-7-8-9-10-14-17-20-23-26-30-38-39(47-38)31-28-33-40(43)45-35-37(34-42)46-41(44)32-27-24-21-18-15-12-11-13-16-19-22-25-29-36(2)3/h8-9,14,17,23,26,36-39,42H,4-7,10-13,15-16,18-22,24-25,27-35H2,1-3H3/b9-8-,17-14-,26-23-/t37-,38?,39?/m0/s1. The van der Waals surface area contributed by atoms with Crippen LogP contribution in [0.3, 0.4) is 0 Å². The lowest BCUT2D eigenvalue weighted by Crippen LogP contribution is -2.28. The fraction of sp³-hybridized carbons (Fsp3) is 0.805. The zero-order chi connectivity index (χ0) is 34.2. The van der Waals surface area contributed by atoms with Gasteiger partial charge in [0.15, 0.2) is 6.10 Å². The number of carbonyl (C=O) groups excluding carboxylic acids is 2. The third-order valence-corrected chi connectivity index (χ3v) is 8.79. The maximum Gasteiger partial charge on any atom is 0.306 e. The van der Waals surface area contributed by atoms with E-state index in [1.165, 1.54) is 89.9 Å². The normalized spacial score (nSPS) is 17.0. The van der Waals surface area contributed by atoms with E-state index in [9.17, 15) is 14.7 Å². The molecule has 6 heteroatoms. The molecule has 0 radical (unpaired) electrons. The quantitative estimate of drug-likeness (QED) is 0.0326. The van der Waals surface area contributed by atoms with Crippen molar-refractivity contribution in [1.82, 2.24) is 0 Å². The number of rotatable bonds is 33. The summed E-state index contributed by atoms with van der Waals surface area (Å²) in [5.74, 6) is 0.170. The molecule has 6 nitrogen and oxygen atoms in total. The van der Waals surface area contributed by atoms with Crippen LogP contribution in [0.4, 0.5) is 0 Å². The number of aliphatic hydroxyl groups excluding tert-OH is 1. The number of esters is 2. The van der Waals surface area contributed by atoms with Crippen LogP contribution in [0, 0.1) is 5.92 Å². The lowest BCUT2D eigenvalue weighted by atomic mass is 10.0. The van der Waals surface area contributed by atoms with Crippen molar-refractivity contribution in [1.29, 1.82) is 0 Å². The first-order chi connectivity index (χ1) is 23.0. The zero-order valence-corrected chi connectivity index (χ0v) is 30.6. The van der Waals surface area contributed by atoms with Crippen LogP contribution in [0.2, 0.25) is 0 Å². The molecule has 0 aliphatic carbocycles. The average molecular weight is 661 g/mol. The SMILES string of the molecule is CCCCC/C=C\C/C=C\C/C=C\CC1OC1CCCC(=O)OC[C@H](CO)OC(=O)CCCCCCCCCCCCCCC(C)C. The van der Waals surface area contributed by atoms with Crippen LogP contribution in [-0.4, -0.2) is 48.6 Å². The summed E-state index contributed by atoms with van der Waals surface area (Å²) in [5, 5.41) is 9.57. The van der Waals surface area contributed by atoms with E-state index in [0.29, 0.717) is 19.3 Å². The highest BCUT2D eigenvalue weighted by molar-refractivity contribution is 5.70. The van der Waals surface area contributed by atoms with E-state index in [1.807, 2.05) is 0 Å². The first kappa shape index (κ1) is 43.1. The Bertz CT molecular complexity index is 832. The van der Waals surface area contributed by atoms with Crippen molar-refractivity contribution in [2.45, 2.75) is 193 Å². The minimum Gasteiger partial charge on any atom is -0.462 e. The third-order valence-electron chi connectivity index (χ3n) is 8.79. The predicted octanol–water partition coefficient (Wildman–Crippen LogP) is 10.9. The molecule has 1 aliphatic heterocycles. The van der Waals surface area contributed by atoms with Gasteiger partial charge in [-0.15, -0.1) is 0 Å². The Balaban J connectivity index is 1.94. The van der Waals surface area contributed by atoms with Crippen LogP contribution in [0.5, 0.6) is 0 Å². The minimum atomic E-state index is -0.800. The number of hydrogen-bond donors (Lipinski definition) is 1. The summed E-state index contributed by atoms with van der Waals surface area (Å²) in [6.07, 6.45) is 39.4. The molecule has 0 bridgehead atoms. The Kier molecular flexibility index (Phi) is 28.8. The smallest absolute Gasteiger partial charge is 0.306 e. The number of hydrogen-bond acceptors (Lipinski definition) is 6. The summed E-state index contributed by atoms with van der Waals surface area (Å²) in [6.45, 7) is 6.38. The van der Waals surface area contributed by atoms with E-state index < -0.39 is 6.10 Å². The predicted molar refractivity (Wildman–Crippen MR) is 195 cm³/mol. The monoisotopic (exact) mass is 661 g/mol. The molecule has 0 spiro atoms. The van der Waals surface area contributed by atoms with Crippen molar-refractivity contribution >= 4 is 11.9 Å². The second-order valence-corrected chi connectivity index (χ2v) is 13.9. The molecule has 272 valence electrons. The lowest BCUT2D eigenvalue weighted by molar-refractivity contribution is -0.161. The summed E-state index contributed by atoms with van der Waals surface area (Å²) < 4.78 is 16.3. The van der Waals surface area contributed by atoms with Gasteiger partial charge in [0.25, 0.3) is 0 Å². The Morgan fingerprint density at radius 1 is 0.681 bits per heavy atom. The maximum atomic E-state index is 12.2. The van der Waals surface area contributed by atoms with Crippen molar-refractivity contribution in [2.75, 3.05) is 13.2 Å². The minimum absolute atomic E-state index is 0.101. The van der Waals surface area contributed by atoms with Gasteiger partial charge in [0.05, 0.1) is 18.8 Å². The van der Waals surface area contributed by atoms with Crippen molar-refractivity contribution in [3.63, 3.8) is 0 Å².